The number of hydrogen-bond acceptors (Lipinski definition) is 6. The Kier molecular flexibility index (Phi) is 20.5. The smallest absolute Gasteiger partial charge is 0.135 e. The van der Waals surface area contributed by atoms with E-state index in [1.54, 1.807) is 0 Å². The number of furan rings is 2. The molecule has 0 fully saturated rings. The van der Waals surface area contributed by atoms with Crippen molar-refractivity contribution in [3.05, 3.63) is 471 Å². The van der Waals surface area contributed by atoms with Crippen LogP contribution in [0.1, 0.15) is 105 Å². The summed E-state index contributed by atoms with van der Waals surface area (Å²) >= 11 is 0. The lowest BCUT2D eigenvalue weighted by Gasteiger charge is -2.28. The number of benzene rings is 22. The summed E-state index contributed by atoms with van der Waals surface area (Å²) in [7, 11) is 0. The summed E-state index contributed by atoms with van der Waals surface area (Å²) in [6.45, 7) is 27.4. The first-order valence-electron chi connectivity index (χ1n) is 51.8. The van der Waals surface area contributed by atoms with Crippen LogP contribution in [-0.4, -0.2) is 8.80 Å². The van der Waals surface area contributed by atoms with Crippen molar-refractivity contribution in [3.8, 4) is 22.3 Å². The molecule has 6 heterocycles. The summed E-state index contributed by atoms with van der Waals surface area (Å²) in [5.74, 6) is 0. The molecule has 0 aliphatic heterocycles. The SMILES string of the molecule is CC(C)(C)c1ccc(N(c2ccc(C(C)(C)C)cc2)c2ccc3cc4c5cc(-c6ccc7oc8ccccc8c7c6)cc6c7cc8ccc(N(c9ccc(C(C)(C)C)cc9)c9ccc(C(C)(C)C)cc9)cc8cc7n(c4cc3c2)c56)cc1.c1ccc(N(c2ccccc2)c2ccc3cc4c5cc(-c6ccc7oc8ccccc8c7c6)cc6c7cc8ccc(N(c9ccccc9)c9ccccc9)cc8cc7n(c4cc3c2)c56)cc1. The Hall–Kier alpha value is -17.7. The van der Waals surface area contributed by atoms with Gasteiger partial charge in [-0.2, -0.15) is 0 Å². The summed E-state index contributed by atoms with van der Waals surface area (Å²) in [5.41, 5.74) is 34.5. The molecule has 0 saturated heterocycles. The molecule has 8 heteroatoms. The number of fused-ring (bicyclic) bond motifs is 22. The molecule has 0 saturated carbocycles. The quantitative estimate of drug-likeness (QED) is 0.108. The molecule has 148 heavy (non-hydrogen) atoms. The van der Waals surface area contributed by atoms with Crippen molar-refractivity contribution in [2.45, 2.75) is 105 Å². The van der Waals surface area contributed by atoms with Crippen molar-refractivity contribution in [1.29, 1.82) is 0 Å². The lowest BCUT2D eigenvalue weighted by atomic mass is 9.86. The molecule has 8 nitrogen and oxygen atoms in total. The Balaban J connectivity index is 0.000000149. The molecule has 0 aliphatic rings. The highest BCUT2D eigenvalue weighted by atomic mass is 16.3. The van der Waals surface area contributed by atoms with Crippen molar-refractivity contribution >= 4 is 231 Å². The zero-order chi connectivity index (χ0) is 100. The van der Waals surface area contributed by atoms with Crippen molar-refractivity contribution in [1.82, 2.24) is 8.80 Å². The molecule has 28 rings (SSSR count). The van der Waals surface area contributed by atoms with E-state index in [4.69, 9.17) is 8.83 Å². The average molecular weight is 1910 g/mol. The van der Waals surface area contributed by atoms with E-state index in [0.29, 0.717) is 0 Å². The predicted molar refractivity (Wildman–Crippen MR) is 631 cm³/mol. The number of para-hydroxylation sites is 6. The normalized spacial score (nSPS) is 12.5. The maximum Gasteiger partial charge on any atom is 0.135 e. The van der Waals surface area contributed by atoms with Crippen molar-refractivity contribution in [2.75, 3.05) is 19.6 Å². The van der Waals surface area contributed by atoms with Gasteiger partial charge < -0.3 is 37.2 Å². The highest BCUT2D eigenvalue weighted by Gasteiger charge is 2.30. The topological polar surface area (TPSA) is 48.1 Å². The first kappa shape index (κ1) is 89.2. The fourth-order valence-electron chi connectivity index (χ4n) is 23.2. The van der Waals surface area contributed by atoms with E-state index < -0.39 is 0 Å². The van der Waals surface area contributed by atoms with Crippen LogP contribution < -0.4 is 19.6 Å². The van der Waals surface area contributed by atoms with E-state index in [1.807, 2.05) is 12.1 Å². The largest absolute Gasteiger partial charge is 0.456 e. The van der Waals surface area contributed by atoms with E-state index in [9.17, 15) is 0 Å². The third kappa shape index (κ3) is 15.2. The van der Waals surface area contributed by atoms with Crippen LogP contribution in [0.4, 0.5) is 68.2 Å². The van der Waals surface area contributed by atoms with Gasteiger partial charge in [-0.3, -0.25) is 0 Å². The van der Waals surface area contributed by atoms with Gasteiger partial charge >= 0.3 is 0 Å². The van der Waals surface area contributed by atoms with Crippen LogP contribution in [0.25, 0.3) is 185 Å². The predicted octanol–water partition coefficient (Wildman–Crippen LogP) is 40.5. The maximum atomic E-state index is 6.34. The standard InChI is InChI=1S/C78H71N3O.C62H39N3O/c1-75(2,3)54-20-30-58(31-21-54)79(59-32-22-55(23-33-59)76(4,5)6)62-28-17-48-41-65-68-44-53(50-19-38-73-67(43-50)64-15-13-14-16-72(64)82-73)45-69-66-42-49-18-29-63(40-52(49)47-71(66)81(74(68)69)70(65)46-51(48)39-62)80(60-34-24-56(25-35-60)77(7,8)9)61-36-26-57(27-37-61)78(10,11)12;1-5-15-46(16-6-1)63(47-17-7-2-8-18-47)50-28-25-40-33-53-56-36-45(42-27-30-61-55(35-42)52-23-13-14-24-60(52)66-61)37-57-54-34-41-26-29-51(64(48-19-9-3-10-20-48)49-21-11-4-12-22-49)32-44(41)39-59(54)65(62(56)57)58(53)38-43(40)31-50/h13-47H,1-12H3;1-39H. The molecule has 712 valence electrons. The molecule has 0 spiro atoms. The Labute approximate surface area is 860 Å². The fraction of sp³-hybridized carbons (Fsp3) is 0.114. The third-order valence-corrected chi connectivity index (χ3v) is 31.0. The molecule has 0 N–H and O–H groups in total. The first-order chi connectivity index (χ1) is 71.8. The molecule has 0 bridgehead atoms. The Morgan fingerprint density at radius 2 is 0.372 bits per heavy atom. The molecule has 28 aromatic rings. The Morgan fingerprint density at radius 3 is 0.622 bits per heavy atom. The van der Waals surface area contributed by atoms with Crippen LogP contribution in [0.15, 0.2) is 458 Å². The van der Waals surface area contributed by atoms with Gasteiger partial charge in [0.05, 0.1) is 33.1 Å². The van der Waals surface area contributed by atoms with Gasteiger partial charge in [-0.25, -0.2) is 0 Å². The molecule has 0 aliphatic carbocycles. The number of rotatable bonds is 14. The zero-order valence-corrected chi connectivity index (χ0v) is 85.2. The van der Waals surface area contributed by atoms with Crippen molar-refractivity contribution in [3.63, 3.8) is 0 Å². The lowest BCUT2D eigenvalue weighted by Crippen LogP contribution is -2.14. The van der Waals surface area contributed by atoms with E-state index in [-0.39, 0.29) is 21.7 Å². The summed E-state index contributed by atoms with van der Waals surface area (Å²) in [6, 6.07) is 166. The molecule has 0 unspecified atom stereocenters. The van der Waals surface area contributed by atoms with E-state index in [0.717, 1.165) is 112 Å². The second-order valence-electron chi connectivity index (χ2n) is 44.6. The van der Waals surface area contributed by atoms with Crippen LogP contribution in [0.5, 0.6) is 0 Å². The van der Waals surface area contributed by atoms with Gasteiger partial charge in [-0.05, 0) is 364 Å². The molecular formula is C140H110N6O2. The third-order valence-electron chi connectivity index (χ3n) is 31.0. The first-order valence-corrected chi connectivity index (χ1v) is 51.8. The molecule has 0 radical (unpaired) electrons. The van der Waals surface area contributed by atoms with Crippen LogP contribution in [0.2, 0.25) is 0 Å². The monoisotopic (exact) mass is 1910 g/mol. The summed E-state index contributed by atoms with van der Waals surface area (Å²) in [5, 5.41) is 24.0. The second kappa shape index (κ2) is 34.0. The number of aromatic nitrogens is 2. The maximum absolute atomic E-state index is 6.34. The van der Waals surface area contributed by atoms with E-state index in [2.05, 4.69) is 548 Å². The van der Waals surface area contributed by atoms with Gasteiger partial charge in [0.25, 0.3) is 0 Å². The highest BCUT2D eigenvalue weighted by Crippen LogP contribution is 2.52. The number of hydrogen-bond donors (Lipinski definition) is 0. The van der Waals surface area contributed by atoms with Gasteiger partial charge in [0.2, 0.25) is 0 Å². The highest BCUT2D eigenvalue weighted by molar-refractivity contribution is 6.30. The van der Waals surface area contributed by atoms with Crippen LogP contribution >= 0.6 is 0 Å². The summed E-state index contributed by atoms with van der Waals surface area (Å²) < 4.78 is 17.7. The number of nitrogens with zero attached hydrogens (tertiary/aromatic N) is 6. The minimum Gasteiger partial charge on any atom is -0.456 e. The van der Waals surface area contributed by atoms with Crippen LogP contribution in [-0.2, 0) is 21.7 Å². The molecular weight excluding hydrogens is 1800 g/mol. The van der Waals surface area contributed by atoms with Gasteiger partial charge in [0.1, 0.15) is 22.3 Å². The second-order valence-corrected chi connectivity index (χ2v) is 44.6. The molecule has 0 atom stereocenters. The van der Waals surface area contributed by atoms with Crippen LogP contribution in [0, 0.1) is 0 Å². The van der Waals surface area contributed by atoms with Crippen LogP contribution in [0.3, 0.4) is 0 Å². The minimum absolute atomic E-state index is 0.0442. The average Bonchev–Trinajstić information content (AvgIpc) is 1.53. The van der Waals surface area contributed by atoms with E-state index >= 15 is 0 Å². The van der Waals surface area contributed by atoms with Gasteiger partial charge in [0, 0.05) is 133 Å². The summed E-state index contributed by atoms with van der Waals surface area (Å²) in [6.07, 6.45) is 0. The van der Waals surface area contributed by atoms with Gasteiger partial charge in [-0.15, -0.1) is 0 Å². The fourth-order valence-corrected chi connectivity index (χ4v) is 23.2. The lowest BCUT2D eigenvalue weighted by molar-refractivity contribution is 0.590. The number of anilines is 12. The van der Waals surface area contributed by atoms with Crippen molar-refractivity contribution in [2.24, 2.45) is 0 Å². The Morgan fingerprint density at radius 1 is 0.155 bits per heavy atom. The zero-order valence-electron chi connectivity index (χ0n) is 85.2. The van der Waals surface area contributed by atoms with E-state index in [1.165, 1.54) is 164 Å². The molecule has 22 aromatic carbocycles. The van der Waals surface area contributed by atoms with Crippen molar-refractivity contribution < 1.29 is 8.83 Å². The van der Waals surface area contributed by atoms with Gasteiger partial charge in [0.15, 0.2) is 0 Å². The summed E-state index contributed by atoms with van der Waals surface area (Å²) in [4.78, 5) is 9.52. The molecule has 0 amide bonds. The van der Waals surface area contributed by atoms with Gasteiger partial charge in [-0.1, -0.05) is 277 Å². The Bertz CT molecular complexity index is 9460. The minimum atomic E-state index is 0.0442. The molecule has 6 aromatic heterocycles.